The second-order valence-electron chi connectivity index (χ2n) is 13.3. The molecule has 51 heavy (non-hydrogen) atoms. The highest BCUT2D eigenvalue weighted by Gasteiger charge is 2.15. The van der Waals surface area contributed by atoms with Gasteiger partial charge in [-0.05, 0) is 52.6 Å². The van der Waals surface area contributed by atoms with Crippen LogP contribution in [0.4, 0.5) is 0 Å². The van der Waals surface area contributed by atoms with Gasteiger partial charge in [-0.3, -0.25) is 0 Å². The summed E-state index contributed by atoms with van der Waals surface area (Å²) in [5.41, 5.74) is 12.5. The van der Waals surface area contributed by atoms with E-state index in [1.165, 1.54) is 32.5 Å². The summed E-state index contributed by atoms with van der Waals surface area (Å²) in [6.45, 7) is 2.15. The molecular weight excluding hydrogens is 619 g/mol. The van der Waals surface area contributed by atoms with Gasteiger partial charge in [-0.2, -0.15) is 0 Å². The summed E-state index contributed by atoms with van der Waals surface area (Å²) in [7, 11) is 0. The summed E-state index contributed by atoms with van der Waals surface area (Å²) >= 11 is 0. The molecule has 0 atom stereocenters. The molecule has 0 saturated carbocycles. The molecule has 0 amide bonds. The maximum Gasteiger partial charge on any atom is 0.0972 e. The van der Waals surface area contributed by atoms with Crippen molar-refractivity contribution in [3.63, 3.8) is 0 Å². The first-order valence-electron chi connectivity index (χ1n) is 17.4. The number of para-hydroxylation sites is 1. The zero-order valence-electron chi connectivity index (χ0n) is 28.0. The SMILES string of the molecule is Cc1cccc2c1nc(-c1ccc(-c3cccc(-c4ccc5ccc6ccc(-c7ccccc7)nc6c5n4)c3)cc1)c1ccc3ccccc3c12. The van der Waals surface area contributed by atoms with E-state index < -0.39 is 0 Å². The molecule has 238 valence electrons. The third kappa shape index (κ3) is 4.94. The van der Waals surface area contributed by atoms with Crippen molar-refractivity contribution in [2.24, 2.45) is 0 Å². The van der Waals surface area contributed by atoms with Crippen LogP contribution < -0.4 is 0 Å². The molecule has 0 bridgehead atoms. The lowest BCUT2D eigenvalue weighted by Gasteiger charge is -2.14. The molecule has 0 unspecified atom stereocenters. The smallest absolute Gasteiger partial charge is 0.0972 e. The predicted octanol–water partition coefficient (Wildman–Crippen LogP) is 12.6. The Morgan fingerprint density at radius 1 is 0.333 bits per heavy atom. The number of nitrogens with zero attached hydrogens (tertiary/aromatic N) is 3. The fraction of sp³-hybridized carbons (Fsp3) is 0.0208. The van der Waals surface area contributed by atoms with Gasteiger partial charge in [-0.15, -0.1) is 0 Å². The van der Waals surface area contributed by atoms with Crippen molar-refractivity contribution in [1.29, 1.82) is 0 Å². The molecule has 10 aromatic rings. The van der Waals surface area contributed by atoms with Crippen LogP contribution in [0.3, 0.4) is 0 Å². The Morgan fingerprint density at radius 3 is 1.71 bits per heavy atom. The van der Waals surface area contributed by atoms with Crippen molar-refractivity contribution >= 4 is 54.3 Å². The number of hydrogen-bond donors (Lipinski definition) is 0. The first kappa shape index (κ1) is 29.2. The van der Waals surface area contributed by atoms with Gasteiger partial charge in [0, 0.05) is 43.6 Å². The summed E-state index contributed by atoms with van der Waals surface area (Å²) in [4.78, 5) is 15.6. The summed E-state index contributed by atoms with van der Waals surface area (Å²) in [6, 6.07) is 60.1. The van der Waals surface area contributed by atoms with E-state index in [0.29, 0.717) is 0 Å². The Labute approximate surface area is 295 Å². The van der Waals surface area contributed by atoms with Gasteiger partial charge in [-0.1, -0.05) is 152 Å². The maximum atomic E-state index is 5.29. The lowest BCUT2D eigenvalue weighted by Crippen LogP contribution is -1.93. The minimum atomic E-state index is 0.913. The quantitative estimate of drug-likeness (QED) is 0.178. The maximum absolute atomic E-state index is 5.29. The van der Waals surface area contributed by atoms with Crippen LogP contribution in [0.1, 0.15) is 5.56 Å². The molecule has 3 heteroatoms. The van der Waals surface area contributed by atoms with E-state index in [1.54, 1.807) is 0 Å². The van der Waals surface area contributed by atoms with Crippen molar-refractivity contribution in [1.82, 2.24) is 15.0 Å². The molecule has 0 spiro atoms. The van der Waals surface area contributed by atoms with E-state index >= 15 is 0 Å². The normalized spacial score (nSPS) is 11.6. The minimum absolute atomic E-state index is 0.913. The third-order valence-electron chi connectivity index (χ3n) is 10.2. The van der Waals surface area contributed by atoms with E-state index in [1.807, 2.05) is 18.2 Å². The number of benzene rings is 7. The molecular formula is C48H31N3. The number of hydrogen-bond acceptors (Lipinski definition) is 3. The number of fused-ring (bicyclic) bond motifs is 8. The lowest BCUT2D eigenvalue weighted by atomic mass is 9.93. The van der Waals surface area contributed by atoms with Crippen molar-refractivity contribution in [2.45, 2.75) is 6.92 Å². The first-order chi connectivity index (χ1) is 25.2. The van der Waals surface area contributed by atoms with Crippen molar-refractivity contribution < 1.29 is 0 Å². The largest absolute Gasteiger partial charge is 0.247 e. The molecule has 0 N–H and O–H groups in total. The van der Waals surface area contributed by atoms with E-state index in [-0.39, 0.29) is 0 Å². The van der Waals surface area contributed by atoms with Crippen LogP contribution in [-0.2, 0) is 0 Å². The van der Waals surface area contributed by atoms with Gasteiger partial charge >= 0.3 is 0 Å². The van der Waals surface area contributed by atoms with E-state index in [4.69, 9.17) is 15.0 Å². The van der Waals surface area contributed by atoms with Crippen LogP contribution in [0.5, 0.6) is 0 Å². The van der Waals surface area contributed by atoms with Gasteiger partial charge in [0.1, 0.15) is 0 Å². The Kier molecular flexibility index (Phi) is 6.71. The fourth-order valence-electron chi connectivity index (χ4n) is 7.54. The van der Waals surface area contributed by atoms with Crippen LogP contribution in [0.2, 0.25) is 0 Å². The summed E-state index contributed by atoms with van der Waals surface area (Å²) < 4.78 is 0. The van der Waals surface area contributed by atoms with Crippen LogP contribution in [0.25, 0.3) is 99.2 Å². The molecule has 3 heterocycles. The number of aryl methyl sites for hydroxylation is 1. The number of pyridine rings is 3. The highest BCUT2D eigenvalue weighted by Crippen LogP contribution is 2.38. The Bertz CT molecular complexity index is 2960. The molecule has 3 aromatic heterocycles. The summed E-state index contributed by atoms with van der Waals surface area (Å²) in [5.74, 6) is 0. The molecule has 7 aromatic carbocycles. The molecule has 0 fully saturated rings. The second-order valence-corrected chi connectivity index (χ2v) is 13.3. The molecule has 0 aliphatic carbocycles. The van der Waals surface area contributed by atoms with Gasteiger partial charge in [0.25, 0.3) is 0 Å². The van der Waals surface area contributed by atoms with Crippen molar-refractivity contribution in [2.75, 3.05) is 0 Å². The standard InChI is InChI=1S/C48H31N3/c1-30-9-7-16-40-44-39-15-6-5-10-32(39)23-26-41(44)46(51-45(30)40)34-19-17-31(18-20-34)37-13-8-14-38(29-37)43-28-25-36-22-21-35-24-27-42(33-11-3-2-4-12-33)49-47(35)48(36)50-43/h2-29H,1H3. The third-order valence-corrected chi connectivity index (χ3v) is 10.2. The Hall–Kier alpha value is -6.71. The Morgan fingerprint density at radius 2 is 0.922 bits per heavy atom. The lowest BCUT2D eigenvalue weighted by molar-refractivity contribution is 1.36. The number of aromatic nitrogens is 3. The fourth-order valence-corrected chi connectivity index (χ4v) is 7.54. The molecule has 10 rings (SSSR count). The van der Waals surface area contributed by atoms with Crippen molar-refractivity contribution in [3.05, 3.63) is 175 Å². The Balaban J connectivity index is 1.05. The van der Waals surface area contributed by atoms with E-state index in [2.05, 4.69) is 159 Å². The molecule has 0 aliphatic heterocycles. The predicted molar refractivity (Wildman–Crippen MR) is 214 cm³/mol. The van der Waals surface area contributed by atoms with Crippen LogP contribution >= 0.6 is 0 Å². The van der Waals surface area contributed by atoms with Gasteiger partial charge in [0.2, 0.25) is 0 Å². The molecule has 3 nitrogen and oxygen atoms in total. The minimum Gasteiger partial charge on any atom is -0.247 e. The highest BCUT2D eigenvalue weighted by atomic mass is 14.8. The van der Waals surface area contributed by atoms with Gasteiger partial charge < -0.3 is 0 Å². The average Bonchev–Trinajstić information content (AvgIpc) is 3.20. The zero-order valence-corrected chi connectivity index (χ0v) is 28.0. The van der Waals surface area contributed by atoms with Crippen LogP contribution in [-0.4, -0.2) is 15.0 Å². The van der Waals surface area contributed by atoms with E-state index in [0.717, 1.165) is 72.2 Å². The first-order valence-corrected chi connectivity index (χ1v) is 17.4. The molecule has 0 aliphatic rings. The molecule has 0 radical (unpaired) electrons. The van der Waals surface area contributed by atoms with Crippen LogP contribution in [0, 0.1) is 6.92 Å². The van der Waals surface area contributed by atoms with Gasteiger partial charge in [0.15, 0.2) is 0 Å². The van der Waals surface area contributed by atoms with Gasteiger partial charge in [0.05, 0.1) is 33.6 Å². The van der Waals surface area contributed by atoms with E-state index in [9.17, 15) is 0 Å². The number of rotatable bonds is 4. The summed E-state index contributed by atoms with van der Waals surface area (Å²) in [6.07, 6.45) is 0. The average molecular weight is 650 g/mol. The molecule has 0 saturated heterocycles. The summed E-state index contributed by atoms with van der Waals surface area (Å²) in [5, 5.41) is 8.28. The van der Waals surface area contributed by atoms with Gasteiger partial charge in [-0.25, -0.2) is 15.0 Å². The monoisotopic (exact) mass is 649 g/mol. The highest BCUT2D eigenvalue weighted by molar-refractivity contribution is 6.22. The second kappa shape index (κ2) is 11.7. The van der Waals surface area contributed by atoms with Crippen LogP contribution in [0.15, 0.2) is 170 Å². The zero-order chi connectivity index (χ0) is 33.9. The van der Waals surface area contributed by atoms with Crippen molar-refractivity contribution in [3.8, 4) is 44.9 Å². The topological polar surface area (TPSA) is 38.7 Å².